The highest BCUT2D eigenvalue weighted by Crippen LogP contribution is 2.34. The van der Waals surface area contributed by atoms with E-state index in [1.807, 2.05) is 0 Å². The fraction of sp³-hybridized carbons (Fsp3) is 0.462. The van der Waals surface area contributed by atoms with Gasteiger partial charge in [0.15, 0.2) is 0 Å². The van der Waals surface area contributed by atoms with E-state index in [-0.39, 0.29) is 5.91 Å². The molecule has 4 nitrogen and oxygen atoms in total. The molecule has 5 heteroatoms. The van der Waals surface area contributed by atoms with Crippen molar-refractivity contribution in [1.82, 2.24) is 4.90 Å². The van der Waals surface area contributed by atoms with Gasteiger partial charge in [-0.15, -0.1) is 0 Å². The van der Waals surface area contributed by atoms with Crippen LogP contribution in [0, 0.1) is 0 Å². The third-order valence-electron chi connectivity index (χ3n) is 3.21. The molecule has 0 aliphatic heterocycles. The first kappa shape index (κ1) is 13.2. The van der Waals surface area contributed by atoms with E-state index in [1.165, 1.54) is 0 Å². The van der Waals surface area contributed by atoms with Crippen molar-refractivity contribution in [3.8, 4) is 5.75 Å². The van der Waals surface area contributed by atoms with Crippen LogP contribution < -0.4 is 10.5 Å². The molecule has 1 aliphatic rings. The molecule has 98 valence electrons. The summed E-state index contributed by atoms with van der Waals surface area (Å²) in [7, 11) is 3.34. The predicted molar refractivity (Wildman–Crippen MR) is 70.6 cm³/mol. The summed E-state index contributed by atoms with van der Waals surface area (Å²) in [5, 5.41) is 0.625. The smallest absolute Gasteiger partial charge is 0.242 e. The molecule has 0 unspecified atom stereocenters. The van der Waals surface area contributed by atoms with Crippen LogP contribution in [0.1, 0.15) is 18.4 Å². The normalized spacial score (nSPS) is 16.2. The van der Waals surface area contributed by atoms with Crippen LogP contribution in [-0.4, -0.2) is 30.5 Å². The number of likely N-dealkylation sites (N-methyl/N-ethyl adjacent to an activating group) is 1. The van der Waals surface area contributed by atoms with Crippen molar-refractivity contribution < 1.29 is 9.53 Å². The molecule has 18 heavy (non-hydrogen) atoms. The topological polar surface area (TPSA) is 55.6 Å². The maximum absolute atomic E-state index is 12.0. The van der Waals surface area contributed by atoms with E-state index in [9.17, 15) is 4.79 Å². The van der Waals surface area contributed by atoms with Crippen LogP contribution in [0.3, 0.4) is 0 Å². The van der Waals surface area contributed by atoms with Crippen molar-refractivity contribution in [2.45, 2.75) is 24.9 Å². The van der Waals surface area contributed by atoms with Crippen molar-refractivity contribution >= 4 is 17.5 Å². The first-order valence-electron chi connectivity index (χ1n) is 5.83. The molecule has 0 saturated heterocycles. The fourth-order valence-electron chi connectivity index (χ4n) is 1.93. The average molecular weight is 269 g/mol. The molecule has 2 N–H and O–H groups in total. The van der Waals surface area contributed by atoms with Crippen LogP contribution in [0.25, 0.3) is 0 Å². The largest absolute Gasteiger partial charge is 0.496 e. The number of nitrogens with zero attached hydrogens (tertiary/aromatic N) is 1. The number of amides is 1. The van der Waals surface area contributed by atoms with Gasteiger partial charge in [-0.2, -0.15) is 0 Å². The van der Waals surface area contributed by atoms with Crippen LogP contribution in [0.5, 0.6) is 5.75 Å². The van der Waals surface area contributed by atoms with Gasteiger partial charge in [0.1, 0.15) is 5.75 Å². The van der Waals surface area contributed by atoms with Crippen molar-refractivity contribution in [2.75, 3.05) is 14.2 Å². The number of carbonyl (C=O) groups excluding carboxylic acids is 1. The van der Waals surface area contributed by atoms with E-state index in [0.29, 0.717) is 11.6 Å². The molecule has 1 saturated carbocycles. The molecule has 0 atom stereocenters. The molecule has 1 amide bonds. The van der Waals surface area contributed by atoms with E-state index >= 15 is 0 Å². The minimum atomic E-state index is -0.638. The molecule has 1 aromatic rings. The van der Waals surface area contributed by atoms with E-state index in [4.69, 9.17) is 22.1 Å². The highest BCUT2D eigenvalue weighted by atomic mass is 35.5. The molecular weight excluding hydrogens is 252 g/mol. The molecule has 0 radical (unpaired) electrons. The zero-order chi connectivity index (χ0) is 13.3. The summed E-state index contributed by atoms with van der Waals surface area (Å²) >= 11 is 5.96. The van der Waals surface area contributed by atoms with Crippen molar-refractivity contribution in [1.29, 1.82) is 0 Å². The lowest BCUT2D eigenvalue weighted by atomic mass is 10.1. The molecule has 0 spiro atoms. The number of ether oxygens (including phenoxy) is 1. The SMILES string of the molecule is COc1ccc(Cl)cc1CN(C)C(=O)C1(N)CC1. The monoisotopic (exact) mass is 268 g/mol. The second-order valence-corrected chi connectivity index (χ2v) is 5.21. The Morgan fingerprint density at radius 3 is 2.78 bits per heavy atom. The van der Waals surface area contributed by atoms with Gasteiger partial charge in [0.05, 0.1) is 12.6 Å². The fourth-order valence-corrected chi connectivity index (χ4v) is 2.12. The lowest BCUT2D eigenvalue weighted by Crippen LogP contribution is -2.43. The quantitative estimate of drug-likeness (QED) is 0.906. The standard InChI is InChI=1S/C13H17ClN2O2/c1-16(12(17)13(15)5-6-13)8-9-7-10(14)3-4-11(9)18-2/h3-4,7H,5-6,8,15H2,1-2H3. The summed E-state index contributed by atoms with van der Waals surface area (Å²) in [5.41, 5.74) is 6.14. The first-order valence-corrected chi connectivity index (χ1v) is 6.21. The van der Waals surface area contributed by atoms with Gasteiger partial charge in [-0.25, -0.2) is 0 Å². The molecular formula is C13H17ClN2O2. The van der Waals surface area contributed by atoms with Crippen molar-refractivity contribution in [3.63, 3.8) is 0 Å². The Hall–Kier alpha value is -1.26. The van der Waals surface area contributed by atoms with Gasteiger partial charge in [-0.1, -0.05) is 11.6 Å². The van der Waals surface area contributed by atoms with Crippen molar-refractivity contribution in [2.24, 2.45) is 5.73 Å². The molecule has 0 bridgehead atoms. The van der Waals surface area contributed by atoms with Gasteiger partial charge < -0.3 is 15.4 Å². The summed E-state index contributed by atoms with van der Waals surface area (Å²) in [6, 6.07) is 5.36. The Kier molecular flexibility index (Phi) is 3.50. The second-order valence-electron chi connectivity index (χ2n) is 4.77. The molecule has 2 rings (SSSR count). The Labute approximate surface area is 112 Å². The van der Waals surface area contributed by atoms with E-state index in [2.05, 4.69) is 0 Å². The van der Waals surface area contributed by atoms with Gasteiger partial charge >= 0.3 is 0 Å². The summed E-state index contributed by atoms with van der Waals surface area (Å²) in [5.74, 6) is 0.699. The third kappa shape index (κ3) is 2.60. The lowest BCUT2D eigenvalue weighted by Gasteiger charge is -2.22. The third-order valence-corrected chi connectivity index (χ3v) is 3.45. The van der Waals surface area contributed by atoms with Gasteiger partial charge in [-0.3, -0.25) is 4.79 Å². The van der Waals surface area contributed by atoms with E-state index in [1.54, 1.807) is 37.3 Å². The minimum Gasteiger partial charge on any atom is -0.496 e. The lowest BCUT2D eigenvalue weighted by molar-refractivity contribution is -0.132. The predicted octanol–water partition coefficient (Wildman–Crippen LogP) is 1.80. The van der Waals surface area contributed by atoms with Crippen LogP contribution in [0.4, 0.5) is 0 Å². The maximum Gasteiger partial charge on any atom is 0.242 e. The molecule has 1 aromatic carbocycles. The van der Waals surface area contributed by atoms with Crippen molar-refractivity contribution in [3.05, 3.63) is 28.8 Å². The van der Waals surface area contributed by atoms with E-state index < -0.39 is 5.54 Å². The maximum atomic E-state index is 12.0. The van der Waals surface area contributed by atoms with Crippen LogP contribution in [0.15, 0.2) is 18.2 Å². The summed E-state index contributed by atoms with van der Waals surface area (Å²) in [4.78, 5) is 13.7. The number of benzene rings is 1. The first-order chi connectivity index (χ1) is 8.46. The average Bonchev–Trinajstić information content (AvgIpc) is 3.08. The Morgan fingerprint density at radius 1 is 1.56 bits per heavy atom. The number of methoxy groups -OCH3 is 1. The molecule has 0 heterocycles. The highest BCUT2D eigenvalue weighted by molar-refractivity contribution is 6.30. The number of rotatable bonds is 4. The Morgan fingerprint density at radius 2 is 2.22 bits per heavy atom. The number of nitrogens with two attached hydrogens (primary N) is 1. The zero-order valence-corrected chi connectivity index (χ0v) is 11.3. The highest BCUT2D eigenvalue weighted by Gasteiger charge is 2.47. The van der Waals surface area contributed by atoms with Crippen LogP contribution in [0.2, 0.25) is 5.02 Å². The second kappa shape index (κ2) is 4.78. The van der Waals surface area contributed by atoms with Gasteiger partial charge in [0.25, 0.3) is 0 Å². The molecule has 1 aliphatic carbocycles. The Bertz CT molecular complexity index is 472. The zero-order valence-electron chi connectivity index (χ0n) is 10.6. The summed E-state index contributed by atoms with van der Waals surface area (Å²) in [6.07, 6.45) is 1.53. The van der Waals surface area contributed by atoms with E-state index in [0.717, 1.165) is 24.2 Å². The van der Waals surface area contributed by atoms with Gasteiger partial charge in [0.2, 0.25) is 5.91 Å². The number of halogens is 1. The molecule has 1 fully saturated rings. The Balaban J connectivity index is 2.13. The number of hydrogen-bond donors (Lipinski definition) is 1. The summed E-state index contributed by atoms with van der Waals surface area (Å²) < 4.78 is 5.25. The minimum absolute atomic E-state index is 0.0236. The van der Waals surface area contributed by atoms with Crippen LogP contribution >= 0.6 is 11.6 Å². The number of hydrogen-bond acceptors (Lipinski definition) is 3. The molecule has 0 aromatic heterocycles. The van der Waals surface area contributed by atoms with Gasteiger partial charge in [-0.05, 0) is 31.0 Å². The van der Waals surface area contributed by atoms with Gasteiger partial charge in [0, 0.05) is 24.2 Å². The summed E-state index contributed by atoms with van der Waals surface area (Å²) in [6.45, 7) is 0.446. The number of carbonyl (C=O) groups is 1. The van der Waals surface area contributed by atoms with Crippen LogP contribution in [-0.2, 0) is 11.3 Å².